The van der Waals surface area contributed by atoms with Crippen LogP contribution in [0, 0.1) is 5.92 Å². The molecule has 1 heterocycles. The van der Waals surface area contributed by atoms with Crippen LogP contribution >= 0.6 is 11.8 Å². The third-order valence-electron chi connectivity index (χ3n) is 3.75. The first kappa shape index (κ1) is 18.3. The van der Waals surface area contributed by atoms with Gasteiger partial charge in [0.2, 0.25) is 11.8 Å². The van der Waals surface area contributed by atoms with E-state index in [4.69, 9.17) is 5.11 Å². The number of aromatic carboxylic acids is 1. The number of carboxylic acids is 1. The van der Waals surface area contributed by atoms with E-state index >= 15 is 0 Å². The fourth-order valence-corrected chi connectivity index (χ4v) is 3.55. The van der Waals surface area contributed by atoms with E-state index < -0.39 is 12.0 Å². The van der Waals surface area contributed by atoms with Crippen molar-refractivity contribution in [2.45, 2.75) is 26.3 Å². The first-order chi connectivity index (χ1) is 11.4. The summed E-state index contributed by atoms with van der Waals surface area (Å²) in [5.41, 5.74) is 0.928. The summed E-state index contributed by atoms with van der Waals surface area (Å²) < 4.78 is 0. The number of thioether (sulfide) groups is 1. The molecule has 1 aliphatic heterocycles. The molecule has 24 heavy (non-hydrogen) atoms. The fraction of sp³-hybridized carbons (Fsp3) is 0.471. The standard InChI is InChI=1S/C17H22N2O4S/c1-11(2)8-18-16(21)14-9-24-10-19(14)15(20)7-12-3-5-13(6-4-12)17(22)23/h3-6,11,14H,7-10H2,1-2H3,(H,18,21)(H,22,23). The van der Waals surface area contributed by atoms with Gasteiger partial charge in [-0.05, 0) is 23.6 Å². The van der Waals surface area contributed by atoms with Gasteiger partial charge in [0.1, 0.15) is 6.04 Å². The summed E-state index contributed by atoms with van der Waals surface area (Å²) in [6, 6.07) is 5.81. The quantitative estimate of drug-likeness (QED) is 0.814. The van der Waals surface area contributed by atoms with E-state index in [9.17, 15) is 14.4 Å². The highest BCUT2D eigenvalue weighted by Gasteiger charge is 2.34. The number of hydrogen-bond acceptors (Lipinski definition) is 4. The molecule has 0 bridgehead atoms. The first-order valence-corrected chi connectivity index (χ1v) is 9.01. The number of hydrogen-bond donors (Lipinski definition) is 2. The van der Waals surface area contributed by atoms with Crippen LogP contribution in [0.15, 0.2) is 24.3 Å². The van der Waals surface area contributed by atoms with E-state index in [0.29, 0.717) is 24.1 Å². The summed E-state index contributed by atoms with van der Waals surface area (Å²) in [5, 5.41) is 11.8. The summed E-state index contributed by atoms with van der Waals surface area (Å²) in [4.78, 5) is 37.2. The topological polar surface area (TPSA) is 86.7 Å². The van der Waals surface area contributed by atoms with Crippen molar-refractivity contribution >= 4 is 29.5 Å². The molecule has 2 rings (SSSR count). The van der Waals surface area contributed by atoms with Crippen LogP contribution in [-0.4, -0.2) is 52.0 Å². The Hall–Kier alpha value is -2.02. The van der Waals surface area contributed by atoms with Gasteiger partial charge in [-0.1, -0.05) is 26.0 Å². The number of amides is 2. The van der Waals surface area contributed by atoms with Crippen LogP contribution in [0.3, 0.4) is 0 Å². The average Bonchev–Trinajstić information content (AvgIpc) is 3.02. The second-order valence-electron chi connectivity index (χ2n) is 6.20. The van der Waals surface area contributed by atoms with Crippen molar-refractivity contribution in [3.63, 3.8) is 0 Å². The number of benzene rings is 1. The highest BCUT2D eigenvalue weighted by molar-refractivity contribution is 7.99. The van der Waals surface area contributed by atoms with Gasteiger partial charge in [0.15, 0.2) is 0 Å². The van der Waals surface area contributed by atoms with E-state index in [0.717, 1.165) is 5.56 Å². The van der Waals surface area contributed by atoms with Gasteiger partial charge in [-0.2, -0.15) is 0 Å². The Labute approximate surface area is 145 Å². The third kappa shape index (κ3) is 4.74. The molecule has 0 saturated carbocycles. The molecule has 0 radical (unpaired) electrons. The number of carboxylic acid groups (broad SMARTS) is 1. The van der Waals surface area contributed by atoms with Crippen molar-refractivity contribution in [2.75, 3.05) is 18.2 Å². The van der Waals surface area contributed by atoms with Crippen LogP contribution in [-0.2, 0) is 16.0 Å². The lowest BCUT2D eigenvalue weighted by Crippen LogP contribution is -2.48. The van der Waals surface area contributed by atoms with E-state index in [1.54, 1.807) is 28.8 Å². The van der Waals surface area contributed by atoms with Gasteiger partial charge in [0, 0.05) is 12.3 Å². The molecule has 1 aromatic rings. The monoisotopic (exact) mass is 350 g/mol. The van der Waals surface area contributed by atoms with E-state index in [1.165, 1.54) is 12.1 Å². The molecule has 7 heteroatoms. The number of rotatable bonds is 6. The number of nitrogens with one attached hydrogen (secondary N) is 1. The van der Waals surface area contributed by atoms with Crippen LogP contribution in [0.2, 0.25) is 0 Å². The minimum absolute atomic E-state index is 0.108. The molecule has 0 aromatic heterocycles. The maximum atomic E-state index is 12.5. The molecule has 1 saturated heterocycles. The molecule has 1 aliphatic rings. The van der Waals surface area contributed by atoms with Gasteiger partial charge in [-0.25, -0.2) is 4.79 Å². The highest BCUT2D eigenvalue weighted by Crippen LogP contribution is 2.22. The van der Waals surface area contributed by atoms with Gasteiger partial charge in [0.25, 0.3) is 0 Å². The Kier molecular flexibility index (Phi) is 6.25. The summed E-state index contributed by atoms with van der Waals surface area (Å²) in [7, 11) is 0. The van der Waals surface area contributed by atoms with Crippen LogP contribution in [0.25, 0.3) is 0 Å². The lowest BCUT2D eigenvalue weighted by molar-refractivity contribution is -0.137. The predicted octanol–water partition coefficient (Wildman–Crippen LogP) is 1.60. The number of carbonyl (C=O) groups is 3. The van der Waals surface area contributed by atoms with Crippen molar-refractivity contribution in [3.05, 3.63) is 35.4 Å². The smallest absolute Gasteiger partial charge is 0.335 e. The lowest BCUT2D eigenvalue weighted by Gasteiger charge is -2.23. The third-order valence-corrected chi connectivity index (χ3v) is 4.76. The molecule has 6 nitrogen and oxygen atoms in total. The van der Waals surface area contributed by atoms with Gasteiger partial charge in [0.05, 0.1) is 17.9 Å². The predicted molar refractivity (Wildman–Crippen MR) is 92.9 cm³/mol. The molecular formula is C17H22N2O4S. The Balaban J connectivity index is 1.97. The van der Waals surface area contributed by atoms with Crippen molar-refractivity contribution in [2.24, 2.45) is 5.92 Å². The van der Waals surface area contributed by atoms with Gasteiger partial charge < -0.3 is 15.3 Å². The molecule has 1 fully saturated rings. The molecule has 0 spiro atoms. The summed E-state index contributed by atoms with van der Waals surface area (Å²) in [6.07, 6.45) is 0.161. The van der Waals surface area contributed by atoms with E-state index in [-0.39, 0.29) is 23.8 Å². The second kappa shape index (κ2) is 8.19. The minimum atomic E-state index is -0.995. The maximum absolute atomic E-state index is 12.5. The SMILES string of the molecule is CC(C)CNC(=O)C1CSCN1C(=O)Cc1ccc(C(=O)O)cc1. The molecular weight excluding hydrogens is 328 g/mol. The van der Waals surface area contributed by atoms with Crippen LogP contribution < -0.4 is 5.32 Å². The zero-order chi connectivity index (χ0) is 17.7. The molecule has 2 N–H and O–H groups in total. The van der Waals surface area contributed by atoms with Crippen molar-refractivity contribution in [3.8, 4) is 0 Å². The number of nitrogens with zero attached hydrogens (tertiary/aromatic N) is 1. The van der Waals surface area contributed by atoms with Crippen LogP contribution in [0.5, 0.6) is 0 Å². The molecule has 1 unspecified atom stereocenters. The Morgan fingerprint density at radius 3 is 2.54 bits per heavy atom. The van der Waals surface area contributed by atoms with Gasteiger partial charge >= 0.3 is 5.97 Å². The normalized spacial score (nSPS) is 17.1. The van der Waals surface area contributed by atoms with Crippen LogP contribution in [0.4, 0.5) is 0 Å². The zero-order valence-electron chi connectivity index (χ0n) is 13.8. The Bertz CT molecular complexity index is 616. The van der Waals surface area contributed by atoms with E-state index in [1.807, 2.05) is 13.8 Å². The minimum Gasteiger partial charge on any atom is -0.478 e. The summed E-state index contributed by atoms with van der Waals surface area (Å²) in [6.45, 7) is 4.64. The summed E-state index contributed by atoms with van der Waals surface area (Å²) in [5.74, 6) is 0.251. The van der Waals surface area contributed by atoms with Gasteiger partial charge in [-0.15, -0.1) is 11.8 Å². The fourth-order valence-electron chi connectivity index (χ4n) is 2.37. The molecule has 1 atom stereocenters. The Morgan fingerprint density at radius 2 is 1.96 bits per heavy atom. The molecule has 130 valence electrons. The molecule has 0 aliphatic carbocycles. The van der Waals surface area contributed by atoms with Crippen LogP contribution in [0.1, 0.15) is 29.8 Å². The molecule has 2 amide bonds. The zero-order valence-corrected chi connectivity index (χ0v) is 14.6. The van der Waals surface area contributed by atoms with Crippen molar-refractivity contribution < 1.29 is 19.5 Å². The largest absolute Gasteiger partial charge is 0.478 e. The highest BCUT2D eigenvalue weighted by atomic mass is 32.2. The van der Waals surface area contributed by atoms with Crippen molar-refractivity contribution in [1.82, 2.24) is 10.2 Å². The first-order valence-electron chi connectivity index (χ1n) is 7.85. The molecule has 1 aromatic carbocycles. The van der Waals surface area contributed by atoms with Crippen molar-refractivity contribution in [1.29, 1.82) is 0 Å². The summed E-state index contributed by atoms with van der Waals surface area (Å²) >= 11 is 1.56. The average molecular weight is 350 g/mol. The van der Waals surface area contributed by atoms with Gasteiger partial charge in [-0.3, -0.25) is 9.59 Å². The maximum Gasteiger partial charge on any atom is 0.335 e. The Morgan fingerprint density at radius 1 is 1.29 bits per heavy atom. The van der Waals surface area contributed by atoms with E-state index in [2.05, 4.69) is 5.32 Å². The number of carbonyl (C=O) groups excluding carboxylic acids is 2. The second-order valence-corrected chi connectivity index (χ2v) is 7.20. The lowest BCUT2D eigenvalue weighted by atomic mass is 10.1.